The standard InChI is InChI=1S/C17H20Cl2N2O11/c18-14(19)15(26)20-8(9(22)6-1-3-7(4-2-6)21(29)30)5-31-17-12(25)10(23)11(24)13(32-17)16(27)28/h1-4,8-14,17,22-25H,5H2,(H,20,26)(H,27,28)/t8-,9+,10+,11+,12-,13+,17+/m1/s1. The molecule has 1 aliphatic heterocycles. The molecule has 6 N–H and O–H groups in total. The van der Waals surface area contributed by atoms with Crippen molar-refractivity contribution in [1.82, 2.24) is 5.32 Å². The summed E-state index contributed by atoms with van der Waals surface area (Å²) in [5.41, 5.74) is -0.112. The van der Waals surface area contributed by atoms with E-state index in [4.69, 9.17) is 37.8 Å². The minimum Gasteiger partial charge on any atom is -0.479 e. The zero-order valence-electron chi connectivity index (χ0n) is 16.0. The molecule has 0 aromatic heterocycles. The van der Waals surface area contributed by atoms with Crippen molar-refractivity contribution in [3.05, 3.63) is 39.9 Å². The molecule has 1 aromatic rings. The van der Waals surface area contributed by atoms with Crippen LogP contribution in [0.5, 0.6) is 0 Å². The van der Waals surface area contributed by atoms with Crippen molar-refractivity contribution in [1.29, 1.82) is 0 Å². The van der Waals surface area contributed by atoms with Crippen molar-refractivity contribution in [3.63, 3.8) is 0 Å². The predicted octanol–water partition coefficient (Wildman–Crippen LogP) is -1.17. The summed E-state index contributed by atoms with van der Waals surface area (Å²) in [6.45, 7) is -0.610. The summed E-state index contributed by atoms with van der Waals surface area (Å²) in [4.78, 5) is 31.7. The van der Waals surface area contributed by atoms with Crippen molar-refractivity contribution in [2.45, 2.75) is 47.7 Å². The fourth-order valence-electron chi connectivity index (χ4n) is 2.87. The van der Waals surface area contributed by atoms with E-state index in [0.29, 0.717) is 0 Å². The molecule has 7 atom stereocenters. The van der Waals surface area contributed by atoms with Crippen LogP contribution in [0, 0.1) is 10.1 Å². The Morgan fingerprint density at radius 1 is 1.16 bits per heavy atom. The van der Waals surface area contributed by atoms with Gasteiger partial charge in [0.05, 0.1) is 17.6 Å². The van der Waals surface area contributed by atoms with Crippen molar-refractivity contribution in [2.24, 2.45) is 0 Å². The van der Waals surface area contributed by atoms with E-state index in [9.17, 15) is 40.1 Å². The van der Waals surface area contributed by atoms with E-state index in [1.165, 1.54) is 12.1 Å². The molecule has 1 amide bonds. The molecule has 0 aliphatic carbocycles. The minimum atomic E-state index is -1.93. The number of aliphatic hydroxyl groups is 4. The number of nitro benzene ring substituents is 1. The summed E-state index contributed by atoms with van der Waals surface area (Å²) >= 11 is 11.0. The number of ether oxygens (including phenoxy) is 2. The SMILES string of the molecule is O=C(N[C@H](CO[C@H]1O[C@H](C(=O)O)[C@@H](O)[C@H](O)[C@H]1O)[C@@H](O)c1ccc([N+](=O)[O-])cc1)C(Cl)Cl. The van der Waals surface area contributed by atoms with Gasteiger partial charge in [-0.3, -0.25) is 14.9 Å². The largest absolute Gasteiger partial charge is 0.479 e. The second-order valence-corrected chi connectivity index (χ2v) is 7.87. The highest BCUT2D eigenvalue weighted by atomic mass is 35.5. The summed E-state index contributed by atoms with van der Waals surface area (Å²) in [7, 11) is 0. The number of rotatable bonds is 9. The lowest BCUT2D eigenvalue weighted by Gasteiger charge is -2.39. The van der Waals surface area contributed by atoms with Gasteiger partial charge < -0.3 is 40.3 Å². The zero-order valence-corrected chi connectivity index (χ0v) is 17.5. The van der Waals surface area contributed by atoms with E-state index < -0.39 is 71.1 Å². The maximum absolute atomic E-state index is 11.9. The van der Waals surface area contributed by atoms with Crippen LogP contribution in [-0.2, 0) is 19.1 Å². The molecule has 32 heavy (non-hydrogen) atoms. The number of non-ortho nitro benzene ring substituents is 1. The number of carboxylic acids is 1. The summed E-state index contributed by atoms with van der Waals surface area (Å²) < 4.78 is 10.2. The molecular weight excluding hydrogens is 479 g/mol. The number of nitro groups is 1. The number of hydrogen-bond donors (Lipinski definition) is 6. The average Bonchev–Trinajstić information content (AvgIpc) is 2.75. The Hall–Kier alpha value is -2.10. The topological polar surface area (TPSA) is 209 Å². The molecule has 1 heterocycles. The van der Waals surface area contributed by atoms with E-state index in [2.05, 4.69) is 5.32 Å². The third-order valence-electron chi connectivity index (χ3n) is 4.61. The van der Waals surface area contributed by atoms with E-state index in [0.717, 1.165) is 12.1 Å². The van der Waals surface area contributed by atoms with Crippen molar-refractivity contribution >= 4 is 40.8 Å². The molecule has 0 saturated carbocycles. The van der Waals surface area contributed by atoms with Gasteiger partial charge in [0, 0.05) is 12.1 Å². The molecule has 15 heteroatoms. The lowest BCUT2D eigenvalue weighted by molar-refractivity contribution is -0.384. The first-order valence-corrected chi connectivity index (χ1v) is 9.86. The molecular formula is C17H20Cl2N2O11. The van der Waals surface area contributed by atoms with Crippen LogP contribution >= 0.6 is 23.2 Å². The Balaban J connectivity index is 2.18. The van der Waals surface area contributed by atoms with Crippen LogP contribution in [-0.4, -0.2) is 90.5 Å². The summed E-state index contributed by atoms with van der Waals surface area (Å²) in [5, 5.41) is 62.4. The van der Waals surface area contributed by atoms with Gasteiger partial charge in [0.25, 0.3) is 11.6 Å². The van der Waals surface area contributed by atoms with Gasteiger partial charge >= 0.3 is 5.97 Å². The highest BCUT2D eigenvalue weighted by molar-refractivity contribution is 6.53. The second-order valence-electron chi connectivity index (χ2n) is 6.78. The van der Waals surface area contributed by atoms with Crippen LogP contribution in [0.25, 0.3) is 0 Å². The molecule has 1 fully saturated rings. The number of nitrogens with one attached hydrogen (secondary N) is 1. The highest BCUT2D eigenvalue weighted by Crippen LogP contribution is 2.25. The van der Waals surface area contributed by atoms with E-state index in [1.54, 1.807) is 0 Å². The molecule has 13 nitrogen and oxygen atoms in total. The number of benzene rings is 1. The molecule has 2 rings (SSSR count). The fourth-order valence-corrected chi connectivity index (χ4v) is 3.00. The van der Waals surface area contributed by atoms with Crippen molar-refractivity contribution in [3.8, 4) is 0 Å². The third kappa shape index (κ3) is 6.24. The maximum atomic E-state index is 11.9. The van der Waals surface area contributed by atoms with Crippen LogP contribution in [0.15, 0.2) is 24.3 Å². The Morgan fingerprint density at radius 3 is 2.25 bits per heavy atom. The Bertz CT molecular complexity index is 825. The lowest BCUT2D eigenvalue weighted by atomic mass is 9.99. The monoisotopic (exact) mass is 498 g/mol. The molecule has 0 unspecified atom stereocenters. The summed E-state index contributed by atoms with van der Waals surface area (Å²) in [6.07, 6.45) is -10.9. The van der Waals surface area contributed by atoms with E-state index >= 15 is 0 Å². The number of carbonyl (C=O) groups is 2. The Morgan fingerprint density at radius 2 is 1.75 bits per heavy atom. The van der Waals surface area contributed by atoms with E-state index in [-0.39, 0.29) is 11.3 Å². The van der Waals surface area contributed by atoms with Gasteiger partial charge in [-0.2, -0.15) is 0 Å². The van der Waals surface area contributed by atoms with Crippen LogP contribution in [0.3, 0.4) is 0 Å². The Kier molecular flexibility index (Phi) is 9.12. The van der Waals surface area contributed by atoms with Gasteiger partial charge in [0.1, 0.15) is 24.4 Å². The van der Waals surface area contributed by atoms with Crippen LogP contribution in [0.4, 0.5) is 5.69 Å². The number of hydrogen-bond acceptors (Lipinski definition) is 10. The number of nitrogens with zero attached hydrogens (tertiary/aromatic N) is 1. The zero-order chi connectivity index (χ0) is 24.2. The van der Waals surface area contributed by atoms with Crippen molar-refractivity contribution in [2.75, 3.05) is 6.61 Å². The van der Waals surface area contributed by atoms with Crippen LogP contribution < -0.4 is 5.32 Å². The molecule has 178 valence electrons. The summed E-state index contributed by atoms with van der Waals surface area (Å²) in [5.74, 6) is -2.55. The number of aliphatic carboxylic acids is 1. The van der Waals surface area contributed by atoms with Gasteiger partial charge in [-0.25, -0.2) is 4.79 Å². The first-order chi connectivity index (χ1) is 14.9. The van der Waals surface area contributed by atoms with Gasteiger partial charge in [0.15, 0.2) is 17.2 Å². The normalized spacial score (nSPS) is 27.5. The molecule has 0 bridgehead atoms. The number of carbonyl (C=O) groups excluding carboxylic acids is 1. The third-order valence-corrected chi connectivity index (χ3v) is 5.00. The van der Waals surface area contributed by atoms with Gasteiger partial charge in [0.2, 0.25) is 0 Å². The van der Waals surface area contributed by atoms with Crippen molar-refractivity contribution < 1.29 is 49.5 Å². The molecule has 1 aliphatic rings. The van der Waals surface area contributed by atoms with Gasteiger partial charge in [-0.15, -0.1) is 0 Å². The maximum Gasteiger partial charge on any atom is 0.335 e. The first-order valence-electron chi connectivity index (χ1n) is 8.99. The highest BCUT2D eigenvalue weighted by Gasteiger charge is 2.47. The first kappa shape index (κ1) is 26.2. The van der Waals surface area contributed by atoms with Crippen LogP contribution in [0.1, 0.15) is 11.7 Å². The van der Waals surface area contributed by atoms with E-state index in [1.807, 2.05) is 0 Å². The predicted molar refractivity (Wildman–Crippen MR) is 106 cm³/mol. The Labute approximate surface area is 190 Å². The fraction of sp³-hybridized carbons (Fsp3) is 0.529. The average molecular weight is 499 g/mol. The lowest BCUT2D eigenvalue weighted by Crippen LogP contribution is -2.61. The minimum absolute atomic E-state index is 0.133. The number of aliphatic hydroxyl groups excluding tert-OH is 4. The summed E-state index contributed by atoms with van der Waals surface area (Å²) in [6, 6.07) is 3.40. The molecule has 0 spiro atoms. The molecule has 1 saturated heterocycles. The van der Waals surface area contributed by atoms with Gasteiger partial charge in [-0.1, -0.05) is 23.2 Å². The van der Waals surface area contributed by atoms with Gasteiger partial charge in [-0.05, 0) is 17.7 Å². The molecule has 1 aromatic carbocycles. The quantitative estimate of drug-likeness (QED) is 0.135. The number of halogens is 2. The number of carboxylic acid groups (broad SMARTS) is 1. The smallest absolute Gasteiger partial charge is 0.335 e. The second kappa shape index (κ2) is 11.2. The van der Waals surface area contributed by atoms with Crippen LogP contribution in [0.2, 0.25) is 0 Å². The number of alkyl halides is 2. The number of amides is 1. The molecule has 0 radical (unpaired) electrons.